The number of benzene rings is 1. The number of rotatable bonds is 4. The molecule has 1 amide bonds. The van der Waals surface area contributed by atoms with Crippen LogP contribution in [0.2, 0.25) is 0 Å². The molecule has 0 fully saturated rings. The average molecular weight is 395 g/mol. The van der Waals surface area contributed by atoms with E-state index in [-0.39, 0.29) is 48.6 Å². The van der Waals surface area contributed by atoms with Gasteiger partial charge in [0.05, 0.1) is 19.1 Å². The maximum absolute atomic E-state index is 13.9. The lowest BCUT2D eigenvalue weighted by molar-refractivity contribution is -0.123. The minimum Gasteiger partial charge on any atom is -0.494 e. The molecule has 0 radical (unpaired) electrons. The van der Waals surface area contributed by atoms with Crippen LogP contribution >= 0.6 is 24.8 Å². The SMILES string of the molecule is COc1ccc(CNC(=O)C2NCCc3[nH]cnc32)c(F)c1F.Cl.Cl. The van der Waals surface area contributed by atoms with Crippen LogP contribution in [0, 0.1) is 11.6 Å². The van der Waals surface area contributed by atoms with E-state index in [0.29, 0.717) is 12.2 Å². The Morgan fingerprint density at radius 2 is 2.12 bits per heavy atom. The number of methoxy groups -OCH3 is 1. The van der Waals surface area contributed by atoms with Crippen LogP contribution < -0.4 is 15.4 Å². The van der Waals surface area contributed by atoms with Gasteiger partial charge in [0.25, 0.3) is 0 Å². The summed E-state index contributed by atoms with van der Waals surface area (Å²) in [6.07, 6.45) is 2.30. The molecule has 2 heterocycles. The van der Waals surface area contributed by atoms with Crippen molar-refractivity contribution < 1.29 is 18.3 Å². The molecule has 1 unspecified atom stereocenters. The smallest absolute Gasteiger partial charge is 0.243 e. The summed E-state index contributed by atoms with van der Waals surface area (Å²) in [6.45, 7) is 0.516. The summed E-state index contributed by atoms with van der Waals surface area (Å²) in [6, 6.07) is 2.10. The zero-order valence-corrected chi connectivity index (χ0v) is 14.9. The zero-order valence-electron chi connectivity index (χ0n) is 13.3. The van der Waals surface area contributed by atoms with Gasteiger partial charge in [-0.3, -0.25) is 4.79 Å². The van der Waals surface area contributed by atoms with Gasteiger partial charge in [-0.2, -0.15) is 4.39 Å². The summed E-state index contributed by atoms with van der Waals surface area (Å²) in [5.41, 5.74) is 1.59. The second-order valence-corrected chi connectivity index (χ2v) is 5.18. The molecule has 0 saturated heterocycles. The van der Waals surface area contributed by atoms with Crippen molar-refractivity contribution in [3.63, 3.8) is 0 Å². The number of nitrogens with zero attached hydrogens (tertiary/aromatic N) is 1. The Bertz CT molecular complexity index is 742. The highest BCUT2D eigenvalue weighted by molar-refractivity contribution is 5.85. The number of carbonyl (C=O) groups is 1. The van der Waals surface area contributed by atoms with Crippen LogP contribution in [-0.4, -0.2) is 29.5 Å². The highest BCUT2D eigenvalue weighted by atomic mass is 35.5. The molecular weight excluding hydrogens is 377 g/mol. The van der Waals surface area contributed by atoms with Gasteiger partial charge in [-0.1, -0.05) is 6.07 Å². The maximum Gasteiger partial charge on any atom is 0.243 e. The molecule has 0 bridgehead atoms. The standard InChI is InChI=1S/C15H16F2N4O2.2ClH/c1-23-10-3-2-8(11(16)12(10)17)6-19-15(22)14-13-9(4-5-18-14)20-7-21-13;;/h2-3,7,14,18H,4-6H2,1H3,(H,19,22)(H,20,21);2*1H. The van der Waals surface area contributed by atoms with Crippen LogP contribution in [0.25, 0.3) is 0 Å². The number of fused-ring (bicyclic) bond motifs is 1. The first-order valence-corrected chi connectivity index (χ1v) is 7.16. The van der Waals surface area contributed by atoms with Gasteiger partial charge in [-0.15, -0.1) is 24.8 Å². The van der Waals surface area contributed by atoms with Crippen molar-refractivity contribution in [2.24, 2.45) is 0 Å². The predicted molar refractivity (Wildman–Crippen MR) is 92.3 cm³/mol. The van der Waals surface area contributed by atoms with E-state index in [9.17, 15) is 13.6 Å². The Labute approximate surface area is 155 Å². The van der Waals surface area contributed by atoms with Crippen molar-refractivity contribution in [1.29, 1.82) is 0 Å². The number of imidazole rings is 1. The van der Waals surface area contributed by atoms with Crippen LogP contribution in [0.3, 0.4) is 0 Å². The van der Waals surface area contributed by atoms with Gasteiger partial charge in [0.15, 0.2) is 11.6 Å². The highest BCUT2D eigenvalue weighted by Gasteiger charge is 2.28. The van der Waals surface area contributed by atoms with E-state index in [2.05, 4.69) is 20.6 Å². The zero-order chi connectivity index (χ0) is 16.4. The summed E-state index contributed by atoms with van der Waals surface area (Å²) in [5, 5.41) is 5.66. The Balaban J connectivity index is 0.00000156. The summed E-state index contributed by atoms with van der Waals surface area (Å²) < 4.78 is 32.3. The predicted octanol–water partition coefficient (Wildman–Crippen LogP) is 2.04. The van der Waals surface area contributed by atoms with E-state index in [1.165, 1.54) is 25.6 Å². The molecule has 1 aromatic heterocycles. The van der Waals surface area contributed by atoms with Crippen molar-refractivity contribution in [3.8, 4) is 5.75 Å². The number of amides is 1. The van der Waals surface area contributed by atoms with Gasteiger partial charge in [-0.05, 0) is 6.07 Å². The topological polar surface area (TPSA) is 79.0 Å². The number of aromatic amines is 1. The lowest BCUT2D eigenvalue weighted by atomic mass is 10.0. The number of aromatic nitrogens is 2. The van der Waals surface area contributed by atoms with Crippen molar-refractivity contribution in [1.82, 2.24) is 20.6 Å². The fraction of sp³-hybridized carbons (Fsp3) is 0.333. The van der Waals surface area contributed by atoms with Crippen LogP contribution in [-0.2, 0) is 17.8 Å². The van der Waals surface area contributed by atoms with Crippen molar-refractivity contribution in [2.45, 2.75) is 19.0 Å². The molecular formula is C15H18Cl2F2N4O2. The molecule has 6 nitrogen and oxygen atoms in total. The summed E-state index contributed by atoms with van der Waals surface area (Å²) in [4.78, 5) is 19.4. The molecule has 25 heavy (non-hydrogen) atoms. The van der Waals surface area contributed by atoms with Gasteiger partial charge in [0.2, 0.25) is 11.7 Å². The van der Waals surface area contributed by atoms with Crippen molar-refractivity contribution >= 4 is 30.7 Å². The third kappa shape index (κ3) is 4.20. The second kappa shape index (κ2) is 8.98. The van der Waals surface area contributed by atoms with E-state index in [0.717, 1.165) is 12.1 Å². The Hall–Kier alpha value is -1.90. The fourth-order valence-electron chi connectivity index (χ4n) is 2.59. The molecule has 10 heteroatoms. The maximum atomic E-state index is 13.9. The Kier molecular flexibility index (Phi) is 7.60. The monoisotopic (exact) mass is 394 g/mol. The molecule has 0 spiro atoms. The van der Waals surface area contributed by atoms with E-state index in [4.69, 9.17) is 4.74 Å². The molecule has 0 saturated carbocycles. The first-order chi connectivity index (χ1) is 11.1. The van der Waals surface area contributed by atoms with Gasteiger partial charge >= 0.3 is 0 Å². The lowest BCUT2D eigenvalue weighted by Crippen LogP contribution is -2.41. The number of H-pyrrole nitrogens is 1. The third-order valence-corrected chi connectivity index (χ3v) is 3.81. The number of carbonyl (C=O) groups excluding carboxylic acids is 1. The normalized spacial score (nSPS) is 15.4. The van der Waals surface area contributed by atoms with Gasteiger partial charge < -0.3 is 20.4 Å². The van der Waals surface area contributed by atoms with Crippen LogP contribution in [0.5, 0.6) is 5.75 Å². The van der Waals surface area contributed by atoms with E-state index >= 15 is 0 Å². The minimum atomic E-state index is -1.07. The van der Waals surface area contributed by atoms with Crippen molar-refractivity contribution in [3.05, 3.63) is 47.0 Å². The van der Waals surface area contributed by atoms with E-state index < -0.39 is 17.7 Å². The van der Waals surface area contributed by atoms with E-state index in [1.807, 2.05) is 0 Å². The molecule has 1 aromatic carbocycles. The molecule has 0 aliphatic carbocycles. The fourth-order valence-corrected chi connectivity index (χ4v) is 2.59. The molecule has 3 N–H and O–H groups in total. The molecule has 1 aliphatic heterocycles. The number of nitrogens with one attached hydrogen (secondary N) is 3. The van der Waals surface area contributed by atoms with Crippen molar-refractivity contribution in [2.75, 3.05) is 13.7 Å². The summed E-state index contributed by atoms with van der Waals surface area (Å²) in [5.74, 6) is -2.60. The first kappa shape index (κ1) is 21.1. The van der Waals surface area contributed by atoms with Crippen LogP contribution in [0.4, 0.5) is 8.78 Å². The number of hydrogen-bond acceptors (Lipinski definition) is 4. The lowest BCUT2D eigenvalue weighted by Gasteiger charge is -2.22. The highest BCUT2D eigenvalue weighted by Crippen LogP contribution is 2.23. The van der Waals surface area contributed by atoms with Gasteiger partial charge in [0, 0.05) is 30.8 Å². The number of ether oxygens (including phenoxy) is 1. The quantitative estimate of drug-likeness (QED) is 0.741. The minimum absolute atomic E-state index is 0. The number of halogens is 4. The number of hydrogen-bond donors (Lipinski definition) is 3. The summed E-state index contributed by atoms with van der Waals surface area (Å²) >= 11 is 0. The Morgan fingerprint density at radius 3 is 2.84 bits per heavy atom. The van der Waals surface area contributed by atoms with Crippen LogP contribution in [0.1, 0.15) is 23.0 Å². The van der Waals surface area contributed by atoms with Gasteiger partial charge in [0.1, 0.15) is 6.04 Å². The molecule has 138 valence electrons. The Morgan fingerprint density at radius 1 is 1.36 bits per heavy atom. The largest absolute Gasteiger partial charge is 0.494 e. The average Bonchev–Trinajstić information content (AvgIpc) is 3.04. The molecule has 1 atom stereocenters. The van der Waals surface area contributed by atoms with E-state index in [1.54, 1.807) is 0 Å². The van der Waals surface area contributed by atoms with Crippen LogP contribution in [0.15, 0.2) is 18.5 Å². The molecule has 1 aliphatic rings. The molecule has 2 aromatic rings. The third-order valence-electron chi connectivity index (χ3n) is 3.81. The second-order valence-electron chi connectivity index (χ2n) is 5.18. The van der Waals surface area contributed by atoms with Gasteiger partial charge in [-0.25, -0.2) is 9.37 Å². The summed E-state index contributed by atoms with van der Waals surface area (Å²) in [7, 11) is 1.26. The molecule has 3 rings (SSSR count). The first-order valence-electron chi connectivity index (χ1n) is 7.16.